The highest BCUT2D eigenvalue weighted by atomic mass is 16.5. The number of ether oxygens (including phenoxy) is 1. The first-order valence-electron chi connectivity index (χ1n) is 6.84. The van der Waals surface area contributed by atoms with Crippen LogP contribution in [0.5, 0.6) is 0 Å². The average Bonchev–Trinajstić information content (AvgIpc) is 2.45. The normalized spacial score (nSPS) is 17.9. The van der Waals surface area contributed by atoms with E-state index in [0.717, 1.165) is 12.0 Å². The third-order valence-corrected chi connectivity index (χ3v) is 3.56. The molecule has 0 aliphatic carbocycles. The number of nitrogens with zero attached hydrogens (tertiary/aromatic N) is 1. The van der Waals surface area contributed by atoms with Gasteiger partial charge in [0.25, 0.3) is 0 Å². The average molecular weight is 263 g/mol. The third kappa shape index (κ3) is 3.33. The molecule has 0 radical (unpaired) electrons. The molecule has 1 aromatic rings. The van der Waals surface area contributed by atoms with E-state index in [4.69, 9.17) is 9.84 Å². The lowest BCUT2D eigenvalue weighted by Gasteiger charge is -2.28. The maximum atomic E-state index is 12.2. The monoisotopic (exact) mass is 263 g/mol. The van der Waals surface area contributed by atoms with E-state index in [1.807, 2.05) is 25.1 Å². The van der Waals surface area contributed by atoms with E-state index in [1.54, 1.807) is 4.90 Å². The standard InChI is InChI=1S/C15H21NO3/c1-2-16(8-9-17)15(18)11-14-13-6-4-3-5-12(13)7-10-19-14/h3-6,14,17H,2,7-11H2,1H3. The molecule has 4 heteroatoms. The Labute approximate surface area is 114 Å². The summed E-state index contributed by atoms with van der Waals surface area (Å²) in [6.45, 7) is 3.60. The molecule has 1 aliphatic heterocycles. The van der Waals surface area contributed by atoms with Crippen molar-refractivity contribution < 1.29 is 14.6 Å². The second kappa shape index (κ2) is 6.68. The van der Waals surface area contributed by atoms with Gasteiger partial charge in [-0.25, -0.2) is 0 Å². The van der Waals surface area contributed by atoms with Gasteiger partial charge in [-0.2, -0.15) is 0 Å². The van der Waals surface area contributed by atoms with Crippen LogP contribution in [0.25, 0.3) is 0 Å². The van der Waals surface area contributed by atoms with Gasteiger partial charge in [0.15, 0.2) is 0 Å². The molecule has 4 nitrogen and oxygen atoms in total. The predicted octanol–water partition coefficient (Wildman–Crippen LogP) is 1.53. The summed E-state index contributed by atoms with van der Waals surface area (Å²) in [5.74, 6) is 0.0400. The molecule has 0 aromatic heterocycles. The fourth-order valence-corrected chi connectivity index (χ4v) is 2.51. The molecule has 1 atom stereocenters. The zero-order valence-electron chi connectivity index (χ0n) is 11.3. The molecule has 0 saturated carbocycles. The highest BCUT2D eigenvalue weighted by Crippen LogP contribution is 2.29. The van der Waals surface area contributed by atoms with Gasteiger partial charge in [-0.15, -0.1) is 0 Å². The zero-order chi connectivity index (χ0) is 13.7. The van der Waals surface area contributed by atoms with E-state index in [0.29, 0.717) is 26.1 Å². The van der Waals surface area contributed by atoms with Crippen molar-refractivity contribution in [3.8, 4) is 0 Å². The maximum Gasteiger partial charge on any atom is 0.225 e. The van der Waals surface area contributed by atoms with Crippen molar-refractivity contribution in [1.82, 2.24) is 4.90 Å². The van der Waals surface area contributed by atoms with Gasteiger partial charge >= 0.3 is 0 Å². The van der Waals surface area contributed by atoms with Gasteiger partial charge in [0.2, 0.25) is 5.91 Å². The minimum atomic E-state index is -0.148. The van der Waals surface area contributed by atoms with Crippen LogP contribution in [-0.2, 0) is 16.0 Å². The first-order chi connectivity index (χ1) is 9.26. The summed E-state index contributed by atoms with van der Waals surface area (Å²) >= 11 is 0. The molecule has 0 fully saturated rings. The van der Waals surface area contributed by atoms with Crippen LogP contribution < -0.4 is 0 Å². The van der Waals surface area contributed by atoms with Crippen LogP contribution in [0, 0.1) is 0 Å². The minimum absolute atomic E-state index is 0.00168. The number of carbonyl (C=O) groups excluding carboxylic acids is 1. The Morgan fingerprint density at radius 2 is 2.26 bits per heavy atom. The molecule has 1 aromatic carbocycles. The van der Waals surface area contributed by atoms with Crippen LogP contribution in [-0.4, -0.2) is 42.2 Å². The largest absolute Gasteiger partial charge is 0.395 e. The smallest absolute Gasteiger partial charge is 0.225 e. The molecule has 0 saturated heterocycles. The van der Waals surface area contributed by atoms with Gasteiger partial charge in [-0.05, 0) is 24.5 Å². The summed E-state index contributed by atoms with van der Waals surface area (Å²) in [5.41, 5.74) is 2.40. The summed E-state index contributed by atoms with van der Waals surface area (Å²) in [4.78, 5) is 13.8. The quantitative estimate of drug-likeness (QED) is 0.876. The van der Waals surface area contributed by atoms with Crippen LogP contribution in [0.15, 0.2) is 24.3 Å². The van der Waals surface area contributed by atoms with E-state index in [-0.39, 0.29) is 18.6 Å². The first kappa shape index (κ1) is 14.0. The highest BCUT2D eigenvalue weighted by molar-refractivity contribution is 5.77. The van der Waals surface area contributed by atoms with E-state index < -0.39 is 0 Å². The molecule has 2 rings (SSSR count). The van der Waals surface area contributed by atoms with E-state index in [2.05, 4.69) is 6.07 Å². The molecule has 1 aliphatic rings. The Balaban J connectivity index is 2.06. The number of benzene rings is 1. The summed E-state index contributed by atoms with van der Waals surface area (Å²) in [6, 6.07) is 8.14. The SMILES string of the molecule is CCN(CCO)C(=O)CC1OCCc2ccccc21. The van der Waals surface area contributed by atoms with Gasteiger partial charge in [0, 0.05) is 13.1 Å². The van der Waals surface area contributed by atoms with Gasteiger partial charge in [0.05, 0.1) is 25.7 Å². The summed E-state index contributed by atoms with van der Waals surface area (Å²) < 4.78 is 5.74. The van der Waals surface area contributed by atoms with Crippen molar-refractivity contribution in [3.63, 3.8) is 0 Å². The number of amides is 1. The van der Waals surface area contributed by atoms with Crippen LogP contribution in [0.1, 0.15) is 30.6 Å². The number of carbonyl (C=O) groups is 1. The van der Waals surface area contributed by atoms with Crippen molar-refractivity contribution in [2.45, 2.75) is 25.9 Å². The number of fused-ring (bicyclic) bond motifs is 1. The molecular formula is C15H21NO3. The van der Waals surface area contributed by atoms with Crippen LogP contribution in [0.4, 0.5) is 0 Å². The van der Waals surface area contributed by atoms with E-state index >= 15 is 0 Å². The Hall–Kier alpha value is -1.39. The molecule has 1 N–H and O–H groups in total. The molecule has 0 bridgehead atoms. The molecule has 0 spiro atoms. The second-order valence-corrected chi connectivity index (χ2v) is 4.71. The lowest BCUT2D eigenvalue weighted by Crippen LogP contribution is -2.35. The number of hydrogen-bond donors (Lipinski definition) is 1. The van der Waals surface area contributed by atoms with Crippen molar-refractivity contribution in [1.29, 1.82) is 0 Å². The second-order valence-electron chi connectivity index (χ2n) is 4.71. The predicted molar refractivity (Wildman–Crippen MR) is 72.8 cm³/mol. The van der Waals surface area contributed by atoms with Crippen molar-refractivity contribution >= 4 is 5.91 Å². The van der Waals surface area contributed by atoms with Gasteiger partial charge in [-0.1, -0.05) is 24.3 Å². The number of likely N-dealkylation sites (N-methyl/N-ethyl adjacent to an activating group) is 1. The van der Waals surface area contributed by atoms with Crippen molar-refractivity contribution in [3.05, 3.63) is 35.4 Å². The van der Waals surface area contributed by atoms with Gasteiger partial charge in [-0.3, -0.25) is 4.79 Å². The molecule has 19 heavy (non-hydrogen) atoms. The Bertz CT molecular complexity index is 433. The lowest BCUT2D eigenvalue weighted by atomic mass is 9.95. The molecular weight excluding hydrogens is 242 g/mol. The molecule has 1 unspecified atom stereocenters. The first-order valence-corrected chi connectivity index (χ1v) is 6.84. The number of hydrogen-bond acceptors (Lipinski definition) is 3. The zero-order valence-corrected chi connectivity index (χ0v) is 11.3. The minimum Gasteiger partial charge on any atom is -0.395 e. The maximum absolute atomic E-state index is 12.2. The molecule has 1 amide bonds. The van der Waals surface area contributed by atoms with Crippen LogP contribution >= 0.6 is 0 Å². The summed E-state index contributed by atoms with van der Waals surface area (Å²) in [5, 5.41) is 8.96. The topological polar surface area (TPSA) is 49.8 Å². The Morgan fingerprint density at radius 3 is 3.00 bits per heavy atom. The van der Waals surface area contributed by atoms with Gasteiger partial charge < -0.3 is 14.7 Å². The third-order valence-electron chi connectivity index (χ3n) is 3.56. The van der Waals surface area contributed by atoms with Crippen LogP contribution in [0.3, 0.4) is 0 Å². The summed E-state index contributed by atoms with van der Waals surface area (Å²) in [7, 11) is 0. The van der Waals surface area contributed by atoms with Gasteiger partial charge in [0.1, 0.15) is 0 Å². The lowest BCUT2D eigenvalue weighted by molar-refractivity contribution is -0.135. The fourth-order valence-electron chi connectivity index (χ4n) is 2.51. The number of aliphatic hydroxyl groups excluding tert-OH is 1. The van der Waals surface area contributed by atoms with E-state index in [1.165, 1.54) is 5.56 Å². The Kier molecular flexibility index (Phi) is 4.93. The fraction of sp³-hybridized carbons (Fsp3) is 0.533. The van der Waals surface area contributed by atoms with E-state index in [9.17, 15) is 4.79 Å². The summed E-state index contributed by atoms with van der Waals surface area (Å²) in [6.07, 6.45) is 1.12. The van der Waals surface area contributed by atoms with Crippen molar-refractivity contribution in [2.24, 2.45) is 0 Å². The Morgan fingerprint density at radius 1 is 1.47 bits per heavy atom. The van der Waals surface area contributed by atoms with Crippen molar-refractivity contribution in [2.75, 3.05) is 26.3 Å². The number of aliphatic hydroxyl groups is 1. The van der Waals surface area contributed by atoms with Crippen LogP contribution in [0.2, 0.25) is 0 Å². The highest BCUT2D eigenvalue weighted by Gasteiger charge is 2.24. The molecule has 1 heterocycles. The molecule has 104 valence electrons. The number of rotatable bonds is 5.